The monoisotopic (exact) mass is 601 g/mol. The van der Waals surface area contributed by atoms with Crippen LogP contribution in [0.3, 0.4) is 0 Å². The maximum atomic E-state index is 9.05. The molecule has 0 spiro atoms. The Morgan fingerprint density at radius 1 is 0.957 bits per heavy atom. The van der Waals surface area contributed by atoms with Crippen LogP contribution in [-0.4, -0.2) is 4.57 Å². The van der Waals surface area contributed by atoms with Crippen molar-refractivity contribution < 1.29 is 8.83 Å². The zero-order valence-corrected chi connectivity index (χ0v) is 25.5. The molecule has 7 nitrogen and oxygen atoms in total. The van der Waals surface area contributed by atoms with Crippen LogP contribution in [0.4, 0.5) is 0 Å². The van der Waals surface area contributed by atoms with Gasteiger partial charge in [0, 0.05) is 40.6 Å². The fraction of sp³-hybridized carbons (Fsp3) is 0.231. The van der Waals surface area contributed by atoms with E-state index in [1.54, 1.807) is 12.2 Å². The third-order valence-electron chi connectivity index (χ3n) is 8.84. The van der Waals surface area contributed by atoms with Crippen LogP contribution in [0.1, 0.15) is 54.7 Å². The minimum absolute atomic E-state index is 0.0425. The van der Waals surface area contributed by atoms with Gasteiger partial charge in [-0.05, 0) is 85.9 Å². The molecule has 0 saturated heterocycles. The summed E-state index contributed by atoms with van der Waals surface area (Å²) >= 11 is 0. The van der Waals surface area contributed by atoms with Crippen LogP contribution in [0.15, 0.2) is 99.4 Å². The van der Waals surface area contributed by atoms with Crippen molar-refractivity contribution in [1.29, 1.82) is 21.0 Å². The van der Waals surface area contributed by atoms with Gasteiger partial charge in [-0.25, -0.2) is 0 Å². The zero-order valence-electron chi connectivity index (χ0n) is 25.5. The second kappa shape index (κ2) is 12.9. The lowest BCUT2D eigenvalue weighted by Crippen LogP contribution is -2.30. The van der Waals surface area contributed by atoms with Gasteiger partial charge >= 0.3 is 0 Å². The van der Waals surface area contributed by atoms with E-state index >= 15 is 0 Å². The molecule has 3 heterocycles. The van der Waals surface area contributed by atoms with Gasteiger partial charge in [0.15, 0.2) is 0 Å². The first kappa shape index (κ1) is 30.0. The first-order valence-electron chi connectivity index (χ1n) is 15.3. The molecule has 7 heteroatoms. The van der Waals surface area contributed by atoms with E-state index in [2.05, 4.69) is 54.0 Å². The molecule has 0 radical (unpaired) electrons. The number of para-hydroxylation sites is 1. The summed E-state index contributed by atoms with van der Waals surface area (Å²) in [5, 5.41) is 37.3. The number of hydrogen-bond acceptors (Lipinski definition) is 6. The van der Waals surface area contributed by atoms with Crippen molar-refractivity contribution >= 4 is 17.0 Å². The summed E-state index contributed by atoms with van der Waals surface area (Å²) in [6.07, 6.45) is 9.47. The van der Waals surface area contributed by atoms with Crippen LogP contribution in [0.2, 0.25) is 0 Å². The number of rotatable bonds is 9. The molecule has 46 heavy (non-hydrogen) atoms. The normalized spacial score (nSPS) is 15.6. The fourth-order valence-corrected chi connectivity index (χ4v) is 6.38. The first-order valence-corrected chi connectivity index (χ1v) is 15.3. The summed E-state index contributed by atoms with van der Waals surface area (Å²) < 4.78 is 14.9. The predicted octanol–water partition coefficient (Wildman–Crippen LogP) is 8.90. The van der Waals surface area contributed by atoms with Crippen LogP contribution in [0.5, 0.6) is 0 Å². The number of allylic oxidation sites excluding steroid dienone is 3. The Balaban J connectivity index is 1.33. The number of aryl methyl sites for hydroxylation is 2. The van der Waals surface area contributed by atoms with E-state index in [0.717, 1.165) is 53.3 Å². The molecule has 0 amide bonds. The summed E-state index contributed by atoms with van der Waals surface area (Å²) in [4.78, 5) is 0. The number of benzene rings is 2. The van der Waals surface area contributed by atoms with E-state index in [4.69, 9.17) is 29.9 Å². The lowest BCUT2D eigenvalue weighted by molar-refractivity contribution is 0.318. The van der Waals surface area contributed by atoms with Crippen molar-refractivity contribution in [3.8, 4) is 41.3 Å². The first-order chi connectivity index (χ1) is 22.5. The summed E-state index contributed by atoms with van der Waals surface area (Å²) in [6, 6.07) is 32.7. The van der Waals surface area contributed by atoms with Gasteiger partial charge in [-0.3, -0.25) is 0 Å². The third kappa shape index (κ3) is 5.88. The molecule has 224 valence electrons. The smallest absolute Gasteiger partial charge is 0.134 e. The Bertz CT molecular complexity index is 2100. The minimum atomic E-state index is -0.585. The summed E-state index contributed by atoms with van der Waals surface area (Å²) in [5.41, 5.74) is 5.65. The quantitative estimate of drug-likeness (QED) is 0.123. The van der Waals surface area contributed by atoms with Crippen LogP contribution in [-0.2, 0) is 24.7 Å². The van der Waals surface area contributed by atoms with Gasteiger partial charge in [-0.1, -0.05) is 43.3 Å². The molecule has 0 bridgehead atoms. The van der Waals surface area contributed by atoms with Crippen molar-refractivity contribution in [2.24, 2.45) is 5.92 Å². The molecule has 3 aromatic heterocycles. The lowest BCUT2D eigenvalue weighted by Gasteiger charge is -2.33. The SMILES string of the molecule is CC1(c2ccc(/C=C/C=C(C#N)C#N)o2)CCc2c(n(-c3ccccc3)c3cc(-c4ccc(CCCC(C#N)C#N)o4)ccc23)C1. The standard InChI is InChI=1S/C39H31N5O2/c1-39(38-18-15-32(46-38)12-6-8-28(25-42)26-43)20-19-34-33-16-13-29(37-17-14-31(45-37)11-5-7-27(23-40)24-41)21-35(33)44(36(34)22-39)30-9-3-2-4-10-30/h2-4,6,8-10,12-18,21,27H,5,7,11,19-20,22H2,1H3/b12-6+. The molecule has 0 N–H and O–H groups in total. The lowest BCUT2D eigenvalue weighted by atomic mass is 9.73. The van der Waals surface area contributed by atoms with Crippen molar-refractivity contribution in [3.05, 3.63) is 119 Å². The van der Waals surface area contributed by atoms with Gasteiger partial charge in [-0.2, -0.15) is 21.0 Å². The van der Waals surface area contributed by atoms with Gasteiger partial charge in [0.25, 0.3) is 0 Å². The molecule has 0 aliphatic heterocycles. The Kier molecular flexibility index (Phi) is 8.43. The van der Waals surface area contributed by atoms with Crippen molar-refractivity contribution in [2.75, 3.05) is 0 Å². The van der Waals surface area contributed by atoms with Crippen LogP contribution >= 0.6 is 0 Å². The van der Waals surface area contributed by atoms with E-state index in [1.165, 1.54) is 22.7 Å². The number of nitriles is 4. The van der Waals surface area contributed by atoms with E-state index in [0.29, 0.717) is 25.0 Å². The largest absolute Gasteiger partial charge is 0.461 e. The van der Waals surface area contributed by atoms with Crippen LogP contribution in [0, 0.1) is 51.2 Å². The second-order valence-corrected chi connectivity index (χ2v) is 11.9. The summed E-state index contributed by atoms with van der Waals surface area (Å²) in [6.45, 7) is 2.25. The molecule has 1 aliphatic rings. The van der Waals surface area contributed by atoms with Gasteiger partial charge < -0.3 is 13.4 Å². The zero-order chi connectivity index (χ0) is 32.1. The van der Waals surface area contributed by atoms with Crippen molar-refractivity contribution in [3.63, 3.8) is 0 Å². The Hall–Kier alpha value is -6.02. The van der Waals surface area contributed by atoms with Crippen molar-refractivity contribution in [2.45, 2.75) is 50.9 Å². The molecule has 1 unspecified atom stereocenters. The fourth-order valence-electron chi connectivity index (χ4n) is 6.38. The maximum Gasteiger partial charge on any atom is 0.134 e. The number of hydrogen-bond donors (Lipinski definition) is 0. The molecular weight excluding hydrogens is 570 g/mol. The predicted molar refractivity (Wildman–Crippen MR) is 175 cm³/mol. The van der Waals surface area contributed by atoms with Crippen LogP contribution in [0.25, 0.3) is 34.0 Å². The van der Waals surface area contributed by atoms with Crippen molar-refractivity contribution in [1.82, 2.24) is 4.57 Å². The highest BCUT2D eigenvalue weighted by molar-refractivity contribution is 5.91. The van der Waals surface area contributed by atoms with Gasteiger partial charge in [0.1, 0.15) is 46.7 Å². The average molecular weight is 602 g/mol. The Labute approximate surface area is 268 Å². The Morgan fingerprint density at radius 2 is 1.76 bits per heavy atom. The molecule has 5 aromatic rings. The summed E-state index contributed by atoms with van der Waals surface area (Å²) in [7, 11) is 0. The Morgan fingerprint density at radius 3 is 2.52 bits per heavy atom. The highest BCUT2D eigenvalue weighted by Crippen LogP contribution is 2.44. The minimum Gasteiger partial charge on any atom is -0.461 e. The van der Waals surface area contributed by atoms with E-state index < -0.39 is 5.92 Å². The summed E-state index contributed by atoms with van der Waals surface area (Å²) in [5.74, 6) is 2.64. The number of fused-ring (bicyclic) bond motifs is 3. The van der Waals surface area contributed by atoms with Gasteiger partial charge in [0.2, 0.25) is 0 Å². The van der Waals surface area contributed by atoms with E-state index in [-0.39, 0.29) is 11.0 Å². The maximum absolute atomic E-state index is 9.05. The van der Waals surface area contributed by atoms with E-state index in [1.807, 2.05) is 54.6 Å². The number of aromatic nitrogens is 1. The molecule has 0 fully saturated rings. The average Bonchev–Trinajstić information content (AvgIpc) is 3.83. The third-order valence-corrected chi connectivity index (χ3v) is 8.84. The topological polar surface area (TPSA) is 126 Å². The van der Waals surface area contributed by atoms with Crippen LogP contribution < -0.4 is 0 Å². The van der Waals surface area contributed by atoms with Gasteiger partial charge in [-0.15, -0.1) is 0 Å². The molecule has 1 atom stereocenters. The molecule has 1 aliphatic carbocycles. The molecule has 0 saturated carbocycles. The number of nitrogens with zero attached hydrogens (tertiary/aromatic N) is 5. The molecule has 2 aromatic carbocycles. The highest BCUT2D eigenvalue weighted by Gasteiger charge is 2.37. The van der Waals surface area contributed by atoms with Gasteiger partial charge in [0.05, 0.1) is 17.7 Å². The van der Waals surface area contributed by atoms with E-state index in [9.17, 15) is 0 Å². The second-order valence-electron chi connectivity index (χ2n) is 11.9. The molecular formula is C39H31N5O2. The molecule has 6 rings (SSSR count). The highest BCUT2D eigenvalue weighted by atomic mass is 16.3. The number of furan rings is 2.